The number of carbonyl (C=O) groups is 1. The number of aldehydes is 1. The van der Waals surface area contributed by atoms with E-state index in [4.69, 9.17) is 9.47 Å². The topological polar surface area (TPSA) is 35.5 Å². The Bertz CT molecular complexity index is 619. The fourth-order valence-corrected chi connectivity index (χ4v) is 2.31. The molecular weight excluding hydrogens is 276 g/mol. The summed E-state index contributed by atoms with van der Waals surface area (Å²) in [6.07, 6.45) is 5.05. The zero-order valence-corrected chi connectivity index (χ0v) is 13.4. The second-order valence-electron chi connectivity index (χ2n) is 5.39. The molecule has 2 aromatic rings. The van der Waals surface area contributed by atoms with Crippen LogP contribution in [0.5, 0.6) is 11.5 Å². The van der Waals surface area contributed by atoms with Crippen molar-refractivity contribution in [3.63, 3.8) is 0 Å². The van der Waals surface area contributed by atoms with Gasteiger partial charge in [0.1, 0.15) is 17.8 Å². The van der Waals surface area contributed by atoms with Crippen molar-refractivity contribution in [1.82, 2.24) is 0 Å². The molecule has 0 saturated heterocycles. The number of benzene rings is 2. The number of unbranched alkanes of at least 4 members (excludes halogenated alkanes) is 2. The third-order valence-electron chi connectivity index (χ3n) is 3.59. The van der Waals surface area contributed by atoms with Gasteiger partial charge in [0.15, 0.2) is 0 Å². The summed E-state index contributed by atoms with van der Waals surface area (Å²) in [5, 5.41) is 1.94. The molecule has 0 saturated carbocycles. The highest BCUT2D eigenvalue weighted by molar-refractivity contribution is 5.97. The monoisotopic (exact) mass is 300 g/mol. The standard InChI is InChI=1S/C19H24O3/c1-3-5-10-21-18-9-7-8-16-17(18)12-15(14-20)13-19(16)22-11-6-4-2/h7-9,12-14H,3-6,10-11H2,1-2H3. The second kappa shape index (κ2) is 8.42. The molecule has 118 valence electrons. The van der Waals surface area contributed by atoms with Crippen LogP contribution in [0.1, 0.15) is 49.9 Å². The third kappa shape index (κ3) is 4.00. The number of rotatable bonds is 9. The molecule has 0 aliphatic heterocycles. The van der Waals surface area contributed by atoms with Crippen LogP contribution < -0.4 is 9.47 Å². The van der Waals surface area contributed by atoms with Gasteiger partial charge >= 0.3 is 0 Å². The van der Waals surface area contributed by atoms with Crippen LogP contribution in [0.3, 0.4) is 0 Å². The fourth-order valence-electron chi connectivity index (χ4n) is 2.31. The highest BCUT2D eigenvalue weighted by atomic mass is 16.5. The molecule has 0 bridgehead atoms. The molecule has 2 rings (SSSR count). The minimum atomic E-state index is 0.616. The van der Waals surface area contributed by atoms with Gasteiger partial charge in [-0.2, -0.15) is 0 Å². The summed E-state index contributed by atoms with van der Waals surface area (Å²) in [5.74, 6) is 1.57. The van der Waals surface area contributed by atoms with E-state index in [1.165, 1.54) is 0 Å². The molecule has 0 fully saturated rings. The maximum Gasteiger partial charge on any atom is 0.150 e. The predicted molar refractivity (Wildman–Crippen MR) is 90.1 cm³/mol. The van der Waals surface area contributed by atoms with E-state index in [-0.39, 0.29) is 0 Å². The minimum Gasteiger partial charge on any atom is -0.493 e. The third-order valence-corrected chi connectivity index (χ3v) is 3.59. The maximum absolute atomic E-state index is 11.2. The largest absolute Gasteiger partial charge is 0.493 e. The Morgan fingerprint density at radius 3 is 2.23 bits per heavy atom. The van der Waals surface area contributed by atoms with Crippen LogP contribution in [-0.4, -0.2) is 19.5 Å². The Morgan fingerprint density at radius 1 is 0.909 bits per heavy atom. The number of carbonyl (C=O) groups excluding carboxylic acids is 1. The maximum atomic E-state index is 11.2. The molecule has 0 aliphatic rings. The van der Waals surface area contributed by atoms with E-state index in [1.807, 2.05) is 24.3 Å². The summed E-state index contributed by atoms with van der Waals surface area (Å²) in [7, 11) is 0. The van der Waals surface area contributed by atoms with Crippen molar-refractivity contribution in [2.75, 3.05) is 13.2 Å². The van der Waals surface area contributed by atoms with Crippen LogP contribution >= 0.6 is 0 Å². The van der Waals surface area contributed by atoms with Crippen LogP contribution in [0.25, 0.3) is 10.8 Å². The van der Waals surface area contributed by atoms with Crippen LogP contribution in [0, 0.1) is 0 Å². The Kier molecular flexibility index (Phi) is 6.26. The van der Waals surface area contributed by atoms with Gasteiger partial charge in [-0.05, 0) is 31.0 Å². The number of hydrogen-bond acceptors (Lipinski definition) is 3. The Morgan fingerprint density at radius 2 is 1.59 bits per heavy atom. The van der Waals surface area contributed by atoms with Crippen LogP contribution in [-0.2, 0) is 0 Å². The molecule has 3 nitrogen and oxygen atoms in total. The summed E-state index contributed by atoms with van der Waals surface area (Å²) >= 11 is 0. The van der Waals surface area contributed by atoms with Crippen molar-refractivity contribution in [3.05, 3.63) is 35.9 Å². The van der Waals surface area contributed by atoms with E-state index >= 15 is 0 Å². The van der Waals surface area contributed by atoms with Gasteiger partial charge in [-0.3, -0.25) is 4.79 Å². The van der Waals surface area contributed by atoms with E-state index in [9.17, 15) is 4.79 Å². The van der Waals surface area contributed by atoms with Crippen molar-refractivity contribution in [1.29, 1.82) is 0 Å². The zero-order chi connectivity index (χ0) is 15.8. The fraction of sp³-hybridized carbons (Fsp3) is 0.421. The van der Waals surface area contributed by atoms with E-state index in [0.717, 1.165) is 54.2 Å². The van der Waals surface area contributed by atoms with E-state index in [1.54, 1.807) is 6.07 Å². The summed E-state index contributed by atoms with van der Waals surface area (Å²) in [6, 6.07) is 9.61. The van der Waals surface area contributed by atoms with E-state index in [2.05, 4.69) is 13.8 Å². The number of hydrogen-bond donors (Lipinski definition) is 0. The molecule has 0 unspecified atom stereocenters. The van der Waals surface area contributed by atoms with Crippen molar-refractivity contribution < 1.29 is 14.3 Å². The van der Waals surface area contributed by atoms with E-state index < -0.39 is 0 Å². The van der Waals surface area contributed by atoms with Crippen molar-refractivity contribution in [2.45, 2.75) is 39.5 Å². The summed E-state index contributed by atoms with van der Waals surface area (Å²) in [4.78, 5) is 11.2. The molecule has 0 N–H and O–H groups in total. The van der Waals surface area contributed by atoms with Gasteiger partial charge in [0.2, 0.25) is 0 Å². The first-order chi connectivity index (χ1) is 10.8. The van der Waals surface area contributed by atoms with Gasteiger partial charge in [0, 0.05) is 16.3 Å². The van der Waals surface area contributed by atoms with Crippen molar-refractivity contribution in [3.8, 4) is 11.5 Å². The molecule has 0 atom stereocenters. The molecule has 0 radical (unpaired) electrons. The first kappa shape index (κ1) is 16.3. The van der Waals surface area contributed by atoms with Crippen LogP contribution in [0.15, 0.2) is 30.3 Å². The Balaban J connectivity index is 2.37. The lowest BCUT2D eigenvalue weighted by Crippen LogP contribution is -2.00. The lowest BCUT2D eigenvalue weighted by Gasteiger charge is -2.13. The summed E-state index contributed by atoms with van der Waals surface area (Å²) in [5.41, 5.74) is 0.616. The Labute approximate surface area is 132 Å². The predicted octanol–water partition coefficient (Wildman–Crippen LogP) is 5.01. The highest BCUT2D eigenvalue weighted by Gasteiger charge is 2.09. The summed E-state index contributed by atoms with van der Waals surface area (Å²) < 4.78 is 11.7. The minimum absolute atomic E-state index is 0.616. The summed E-state index contributed by atoms with van der Waals surface area (Å²) in [6.45, 7) is 5.61. The van der Waals surface area contributed by atoms with Gasteiger partial charge in [-0.25, -0.2) is 0 Å². The molecule has 0 aliphatic carbocycles. The molecule has 0 amide bonds. The highest BCUT2D eigenvalue weighted by Crippen LogP contribution is 2.33. The molecule has 2 aromatic carbocycles. The lowest BCUT2D eigenvalue weighted by atomic mass is 10.1. The van der Waals surface area contributed by atoms with E-state index in [0.29, 0.717) is 18.8 Å². The van der Waals surface area contributed by atoms with Crippen LogP contribution in [0.2, 0.25) is 0 Å². The van der Waals surface area contributed by atoms with Gasteiger partial charge in [0.25, 0.3) is 0 Å². The van der Waals surface area contributed by atoms with Gasteiger partial charge in [-0.1, -0.05) is 38.8 Å². The second-order valence-corrected chi connectivity index (χ2v) is 5.39. The SMILES string of the molecule is CCCCOc1cc(C=O)cc2c(OCCCC)cccc12. The molecular formula is C19H24O3. The van der Waals surface area contributed by atoms with Gasteiger partial charge < -0.3 is 9.47 Å². The zero-order valence-electron chi connectivity index (χ0n) is 13.4. The molecule has 22 heavy (non-hydrogen) atoms. The average molecular weight is 300 g/mol. The smallest absolute Gasteiger partial charge is 0.150 e. The first-order valence-electron chi connectivity index (χ1n) is 8.07. The Hall–Kier alpha value is -2.03. The van der Waals surface area contributed by atoms with Crippen molar-refractivity contribution >= 4 is 17.1 Å². The van der Waals surface area contributed by atoms with Gasteiger partial charge in [0.05, 0.1) is 13.2 Å². The van der Waals surface area contributed by atoms with Crippen molar-refractivity contribution in [2.24, 2.45) is 0 Å². The molecule has 0 spiro atoms. The normalized spacial score (nSPS) is 10.6. The number of ether oxygens (including phenoxy) is 2. The molecule has 0 aromatic heterocycles. The molecule has 0 heterocycles. The average Bonchev–Trinajstić information content (AvgIpc) is 2.55. The molecule has 3 heteroatoms. The van der Waals surface area contributed by atoms with Gasteiger partial charge in [-0.15, -0.1) is 0 Å². The van der Waals surface area contributed by atoms with Crippen LogP contribution in [0.4, 0.5) is 0 Å². The quantitative estimate of drug-likeness (QED) is 0.482. The number of fused-ring (bicyclic) bond motifs is 1. The lowest BCUT2D eigenvalue weighted by molar-refractivity contribution is 0.112. The first-order valence-corrected chi connectivity index (χ1v) is 8.07.